The molecule has 20 heavy (non-hydrogen) atoms. The van der Waals surface area contributed by atoms with E-state index in [2.05, 4.69) is 16.8 Å². The molecule has 1 fully saturated rings. The van der Waals surface area contributed by atoms with Crippen molar-refractivity contribution in [3.63, 3.8) is 0 Å². The molecule has 0 radical (unpaired) electrons. The number of β-amino-alcohol motifs (C(OH)–C–C–N with tert-alkyl or cyclic N) is 1. The number of rotatable bonds is 2. The van der Waals surface area contributed by atoms with E-state index in [1.807, 2.05) is 0 Å². The number of aromatic nitrogens is 1. The monoisotopic (exact) mass is 296 g/mol. The average molecular weight is 296 g/mol. The fourth-order valence-electron chi connectivity index (χ4n) is 2.03. The minimum Gasteiger partial charge on any atom is -0.389 e. The molecule has 1 aromatic heterocycles. The summed E-state index contributed by atoms with van der Waals surface area (Å²) < 4.78 is 26.1. The Hall–Kier alpha value is -1.46. The first-order valence-electron chi connectivity index (χ1n) is 6.12. The SMILES string of the molecule is CC1(O)CCN(S(=O)(=O)c2cncc(C#CCO)c2)C1. The fourth-order valence-corrected chi connectivity index (χ4v) is 3.58. The molecule has 0 amide bonds. The Morgan fingerprint density at radius 1 is 1.50 bits per heavy atom. The molecule has 7 heteroatoms. The van der Waals surface area contributed by atoms with Gasteiger partial charge in [0, 0.05) is 31.0 Å². The zero-order valence-electron chi connectivity index (χ0n) is 11.1. The number of hydrogen-bond acceptors (Lipinski definition) is 5. The van der Waals surface area contributed by atoms with E-state index in [0.29, 0.717) is 12.0 Å². The molecule has 6 nitrogen and oxygen atoms in total. The van der Waals surface area contributed by atoms with E-state index in [9.17, 15) is 13.5 Å². The van der Waals surface area contributed by atoms with Gasteiger partial charge in [-0.2, -0.15) is 4.31 Å². The molecule has 1 aliphatic rings. The highest BCUT2D eigenvalue weighted by Gasteiger charge is 2.38. The number of nitrogens with zero attached hydrogens (tertiary/aromatic N) is 2. The van der Waals surface area contributed by atoms with Crippen molar-refractivity contribution >= 4 is 10.0 Å². The van der Waals surface area contributed by atoms with Crippen molar-refractivity contribution in [2.75, 3.05) is 19.7 Å². The van der Waals surface area contributed by atoms with Crippen LogP contribution in [0.4, 0.5) is 0 Å². The maximum absolute atomic E-state index is 12.4. The molecule has 0 spiro atoms. The summed E-state index contributed by atoms with van der Waals surface area (Å²) in [6, 6.07) is 1.41. The van der Waals surface area contributed by atoms with Crippen LogP contribution in [0.5, 0.6) is 0 Å². The Kier molecular flexibility index (Phi) is 4.11. The van der Waals surface area contributed by atoms with Crippen LogP contribution in [0, 0.1) is 11.8 Å². The Morgan fingerprint density at radius 3 is 2.85 bits per heavy atom. The first-order valence-corrected chi connectivity index (χ1v) is 7.56. The third-order valence-corrected chi connectivity index (χ3v) is 4.89. The molecule has 1 atom stereocenters. The van der Waals surface area contributed by atoms with Crippen LogP contribution in [-0.4, -0.2) is 53.2 Å². The highest BCUT2D eigenvalue weighted by Crippen LogP contribution is 2.26. The molecule has 108 valence electrons. The van der Waals surface area contributed by atoms with Crippen molar-refractivity contribution in [3.8, 4) is 11.8 Å². The summed E-state index contributed by atoms with van der Waals surface area (Å²) in [5, 5.41) is 18.5. The van der Waals surface area contributed by atoms with Gasteiger partial charge in [-0.3, -0.25) is 4.98 Å². The Labute approximate surface area is 118 Å². The predicted molar refractivity (Wildman–Crippen MR) is 72.2 cm³/mol. The smallest absolute Gasteiger partial charge is 0.244 e. The lowest BCUT2D eigenvalue weighted by molar-refractivity contribution is 0.0762. The second kappa shape index (κ2) is 5.50. The zero-order chi connectivity index (χ0) is 14.8. The maximum atomic E-state index is 12.4. The average Bonchev–Trinajstić information content (AvgIpc) is 2.78. The second-order valence-electron chi connectivity index (χ2n) is 4.95. The molecule has 2 heterocycles. The minimum absolute atomic E-state index is 0.0416. The number of pyridine rings is 1. The van der Waals surface area contributed by atoms with E-state index >= 15 is 0 Å². The molecule has 2 N–H and O–H groups in total. The van der Waals surface area contributed by atoms with Crippen LogP contribution >= 0.6 is 0 Å². The maximum Gasteiger partial charge on any atom is 0.244 e. The molecular formula is C13H16N2O4S. The van der Waals surface area contributed by atoms with E-state index in [1.165, 1.54) is 22.8 Å². The summed E-state index contributed by atoms with van der Waals surface area (Å²) in [6.45, 7) is 1.67. The first kappa shape index (κ1) is 14.9. The third kappa shape index (κ3) is 3.16. The van der Waals surface area contributed by atoms with Gasteiger partial charge in [-0.05, 0) is 19.4 Å². The van der Waals surface area contributed by atoms with Gasteiger partial charge in [0.25, 0.3) is 0 Å². The van der Waals surface area contributed by atoms with Gasteiger partial charge in [-0.15, -0.1) is 0 Å². The molecule has 0 bridgehead atoms. The van der Waals surface area contributed by atoms with Gasteiger partial charge in [0.15, 0.2) is 0 Å². The predicted octanol–water partition coefficient (Wildman–Crippen LogP) is -0.429. The number of aliphatic hydroxyl groups is 2. The standard InChI is InChI=1S/C13H16N2O4S/c1-13(17)4-5-15(10-13)20(18,19)12-7-11(3-2-6-16)8-14-9-12/h7-9,16-17H,4-6,10H2,1H3. The summed E-state index contributed by atoms with van der Waals surface area (Å²) in [7, 11) is -3.68. The Balaban J connectivity index is 2.31. The molecular weight excluding hydrogens is 280 g/mol. The summed E-state index contributed by atoms with van der Waals surface area (Å²) >= 11 is 0. The zero-order valence-corrected chi connectivity index (χ0v) is 11.9. The van der Waals surface area contributed by atoms with Crippen LogP contribution in [-0.2, 0) is 10.0 Å². The lowest BCUT2D eigenvalue weighted by Crippen LogP contribution is -2.34. The van der Waals surface area contributed by atoms with Crippen LogP contribution in [0.2, 0.25) is 0 Å². The van der Waals surface area contributed by atoms with Gasteiger partial charge in [0.05, 0.1) is 5.60 Å². The summed E-state index contributed by atoms with van der Waals surface area (Å²) in [4.78, 5) is 3.90. The van der Waals surface area contributed by atoms with E-state index in [-0.39, 0.29) is 24.6 Å². The first-order chi connectivity index (χ1) is 9.35. The van der Waals surface area contributed by atoms with Crippen molar-refractivity contribution in [2.45, 2.75) is 23.8 Å². The summed E-state index contributed by atoms with van der Waals surface area (Å²) in [5.41, 5.74) is -0.569. The lowest BCUT2D eigenvalue weighted by Gasteiger charge is -2.18. The normalized spacial score (nSPS) is 23.4. The van der Waals surface area contributed by atoms with E-state index in [0.717, 1.165) is 0 Å². The molecule has 2 rings (SSSR count). The van der Waals surface area contributed by atoms with Gasteiger partial charge in [-0.1, -0.05) is 11.8 Å². The van der Waals surface area contributed by atoms with Crippen molar-refractivity contribution in [3.05, 3.63) is 24.0 Å². The quantitative estimate of drug-likeness (QED) is 0.723. The summed E-state index contributed by atoms with van der Waals surface area (Å²) in [5.74, 6) is 5.06. The van der Waals surface area contributed by atoms with Crippen LogP contribution in [0.3, 0.4) is 0 Å². The van der Waals surface area contributed by atoms with Gasteiger partial charge in [0.2, 0.25) is 10.0 Å². The number of aliphatic hydroxyl groups excluding tert-OH is 1. The molecule has 1 aliphatic heterocycles. The molecule has 1 saturated heterocycles. The van der Waals surface area contributed by atoms with Crippen LogP contribution in [0.25, 0.3) is 0 Å². The van der Waals surface area contributed by atoms with Gasteiger partial charge in [-0.25, -0.2) is 8.42 Å². The molecule has 0 aromatic carbocycles. The molecule has 0 aliphatic carbocycles. The topological polar surface area (TPSA) is 90.7 Å². The van der Waals surface area contributed by atoms with Gasteiger partial charge in [0.1, 0.15) is 11.5 Å². The van der Waals surface area contributed by atoms with Crippen molar-refractivity contribution in [1.82, 2.24) is 9.29 Å². The van der Waals surface area contributed by atoms with E-state index in [1.54, 1.807) is 6.92 Å². The summed E-state index contributed by atoms with van der Waals surface area (Å²) in [6.07, 6.45) is 3.10. The van der Waals surface area contributed by atoms with Crippen molar-refractivity contribution in [1.29, 1.82) is 0 Å². The van der Waals surface area contributed by atoms with Crippen molar-refractivity contribution < 1.29 is 18.6 Å². The van der Waals surface area contributed by atoms with Gasteiger partial charge >= 0.3 is 0 Å². The van der Waals surface area contributed by atoms with Crippen LogP contribution in [0.15, 0.2) is 23.4 Å². The minimum atomic E-state index is -3.68. The highest BCUT2D eigenvalue weighted by molar-refractivity contribution is 7.89. The molecule has 0 saturated carbocycles. The number of hydrogen-bond donors (Lipinski definition) is 2. The van der Waals surface area contributed by atoms with Gasteiger partial charge < -0.3 is 10.2 Å². The highest BCUT2D eigenvalue weighted by atomic mass is 32.2. The molecule has 1 unspecified atom stereocenters. The van der Waals surface area contributed by atoms with Crippen LogP contribution in [0.1, 0.15) is 18.9 Å². The van der Waals surface area contributed by atoms with E-state index in [4.69, 9.17) is 5.11 Å². The Morgan fingerprint density at radius 2 is 2.25 bits per heavy atom. The van der Waals surface area contributed by atoms with Crippen LogP contribution < -0.4 is 0 Å². The number of sulfonamides is 1. The Bertz CT molecular complexity index is 658. The molecule has 1 aromatic rings. The fraction of sp³-hybridized carbons (Fsp3) is 0.462. The third-order valence-electron chi connectivity index (χ3n) is 3.08. The lowest BCUT2D eigenvalue weighted by atomic mass is 10.1. The largest absolute Gasteiger partial charge is 0.389 e. The van der Waals surface area contributed by atoms with Crippen molar-refractivity contribution in [2.24, 2.45) is 0 Å². The second-order valence-corrected chi connectivity index (χ2v) is 6.89. The van der Waals surface area contributed by atoms with E-state index < -0.39 is 15.6 Å².